The van der Waals surface area contributed by atoms with Gasteiger partial charge in [0.05, 0.1) is 15.1 Å². The highest BCUT2D eigenvalue weighted by atomic mass is 35.5. The fourth-order valence-electron chi connectivity index (χ4n) is 1.39. The van der Waals surface area contributed by atoms with Crippen molar-refractivity contribution in [3.05, 3.63) is 50.0 Å². The highest BCUT2D eigenvalue weighted by molar-refractivity contribution is 6.43. The Kier molecular flexibility index (Phi) is 4.60. The lowest BCUT2D eigenvalue weighted by molar-refractivity contribution is 0.463. The number of nitrogen functional groups attached to an aromatic ring is 1. The molecule has 0 aliphatic carbocycles. The number of benzene rings is 1. The maximum absolute atomic E-state index is 7.40. The molecule has 1 aromatic heterocycles. The summed E-state index contributed by atoms with van der Waals surface area (Å²) in [5.41, 5.74) is 5.71. The third-order valence-electron chi connectivity index (χ3n) is 2.33. The molecule has 0 spiro atoms. The molecule has 1 aromatic carbocycles. The van der Waals surface area contributed by atoms with Crippen LogP contribution in [0.25, 0.3) is 0 Å². The summed E-state index contributed by atoms with van der Waals surface area (Å²) in [4.78, 5) is 3.97. The fraction of sp³-hybridized carbons (Fsp3) is 0. The number of hydrogen-bond donors (Lipinski definition) is 2. The first-order valence-electron chi connectivity index (χ1n) is 5.21. The largest absolute Gasteiger partial charge is 0.436 e. The fourth-order valence-corrected chi connectivity index (χ4v) is 2.22. The molecule has 0 saturated carbocycles. The van der Waals surface area contributed by atoms with Gasteiger partial charge in [-0.05, 0) is 12.1 Å². The van der Waals surface area contributed by atoms with Gasteiger partial charge in [-0.15, -0.1) is 0 Å². The summed E-state index contributed by atoms with van der Waals surface area (Å²) >= 11 is 23.8. The predicted octanol–water partition coefficient (Wildman–Crippen LogP) is 4.77. The van der Waals surface area contributed by atoms with E-state index in [2.05, 4.69) is 4.98 Å². The number of halogens is 4. The zero-order valence-electron chi connectivity index (χ0n) is 9.75. The first kappa shape index (κ1) is 15.2. The summed E-state index contributed by atoms with van der Waals surface area (Å²) < 4.78 is 5.50. The van der Waals surface area contributed by atoms with Crippen molar-refractivity contribution in [3.63, 3.8) is 0 Å². The number of hydrogen-bond acceptors (Lipinski definition) is 3. The van der Waals surface area contributed by atoms with Gasteiger partial charge in [0, 0.05) is 17.8 Å². The monoisotopic (exact) mass is 349 g/mol. The topological polar surface area (TPSA) is 72.0 Å². The third kappa shape index (κ3) is 3.10. The zero-order chi connectivity index (χ0) is 14.9. The minimum Gasteiger partial charge on any atom is -0.436 e. The molecule has 3 N–H and O–H groups in total. The highest BCUT2D eigenvalue weighted by Gasteiger charge is 2.14. The molecule has 0 bridgehead atoms. The van der Waals surface area contributed by atoms with Crippen LogP contribution < -0.4 is 10.5 Å². The van der Waals surface area contributed by atoms with Crippen molar-refractivity contribution >= 4 is 52.2 Å². The number of nitrogens with zero attached hydrogens (tertiary/aromatic N) is 1. The number of nitrogens with one attached hydrogen (secondary N) is 1. The summed E-state index contributed by atoms with van der Waals surface area (Å²) in [5, 5.41) is 8.36. The average Bonchev–Trinajstić information content (AvgIpc) is 2.37. The van der Waals surface area contributed by atoms with Crippen LogP contribution in [-0.4, -0.2) is 10.8 Å². The van der Waals surface area contributed by atoms with Gasteiger partial charge in [0.2, 0.25) is 5.88 Å². The Morgan fingerprint density at radius 3 is 2.40 bits per heavy atom. The summed E-state index contributed by atoms with van der Waals surface area (Å²) in [5.74, 6) is 0.123. The predicted molar refractivity (Wildman–Crippen MR) is 81.8 cm³/mol. The Balaban J connectivity index is 2.43. The van der Waals surface area contributed by atoms with Crippen LogP contribution in [0.3, 0.4) is 0 Å². The van der Waals surface area contributed by atoms with E-state index in [-0.39, 0.29) is 32.5 Å². The number of amidine groups is 1. The van der Waals surface area contributed by atoms with E-state index in [1.165, 1.54) is 24.4 Å². The first-order chi connectivity index (χ1) is 9.40. The maximum Gasteiger partial charge on any atom is 0.238 e. The van der Waals surface area contributed by atoms with E-state index in [0.29, 0.717) is 10.6 Å². The summed E-state index contributed by atoms with van der Waals surface area (Å²) in [7, 11) is 0. The van der Waals surface area contributed by atoms with Crippen LogP contribution in [0.5, 0.6) is 11.6 Å². The third-order valence-corrected chi connectivity index (χ3v) is 3.71. The number of aromatic nitrogens is 1. The standard InChI is InChI=1S/C12H7Cl4N3O/c13-6-3-8(15)9(4-7(6)14)20-12-10(16)5(11(17)18)1-2-19-12/h1-4H,(H3,17,18). The van der Waals surface area contributed by atoms with Crippen LogP contribution in [0.2, 0.25) is 20.1 Å². The van der Waals surface area contributed by atoms with Gasteiger partial charge < -0.3 is 10.5 Å². The molecule has 0 atom stereocenters. The molecule has 2 aromatic rings. The molecule has 1 heterocycles. The molecule has 20 heavy (non-hydrogen) atoms. The molecule has 8 heteroatoms. The minimum absolute atomic E-state index is 0.0691. The average molecular weight is 351 g/mol. The molecule has 104 valence electrons. The second-order valence-corrected chi connectivity index (χ2v) is 5.29. The van der Waals surface area contributed by atoms with Crippen molar-refractivity contribution in [1.29, 1.82) is 5.41 Å². The number of ether oxygens (including phenoxy) is 1. The Morgan fingerprint density at radius 2 is 1.75 bits per heavy atom. The van der Waals surface area contributed by atoms with Gasteiger partial charge in [0.25, 0.3) is 0 Å². The van der Waals surface area contributed by atoms with Gasteiger partial charge in [-0.25, -0.2) is 4.98 Å². The number of nitrogens with two attached hydrogens (primary N) is 1. The van der Waals surface area contributed by atoms with Crippen molar-refractivity contribution in [1.82, 2.24) is 4.98 Å². The van der Waals surface area contributed by atoms with E-state index in [1.54, 1.807) is 0 Å². The lowest BCUT2D eigenvalue weighted by Gasteiger charge is -2.11. The molecular weight excluding hydrogens is 344 g/mol. The Labute approximate surface area is 134 Å². The van der Waals surface area contributed by atoms with Crippen molar-refractivity contribution in [2.75, 3.05) is 0 Å². The molecule has 0 aliphatic heterocycles. The highest BCUT2D eigenvalue weighted by Crippen LogP contribution is 2.38. The maximum atomic E-state index is 7.40. The normalized spacial score (nSPS) is 10.4. The van der Waals surface area contributed by atoms with E-state index in [1.807, 2.05) is 0 Å². The molecule has 0 unspecified atom stereocenters. The van der Waals surface area contributed by atoms with E-state index in [4.69, 9.17) is 62.3 Å². The summed E-state index contributed by atoms with van der Waals surface area (Å²) in [6.45, 7) is 0. The Bertz CT molecular complexity index is 691. The summed E-state index contributed by atoms with van der Waals surface area (Å²) in [6.07, 6.45) is 1.42. The molecule has 0 radical (unpaired) electrons. The van der Waals surface area contributed by atoms with Gasteiger partial charge in [0.15, 0.2) is 0 Å². The van der Waals surface area contributed by atoms with Crippen molar-refractivity contribution in [2.24, 2.45) is 5.73 Å². The number of pyridine rings is 1. The van der Waals surface area contributed by atoms with Crippen molar-refractivity contribution in [3.8, 4) is 11.6 Å². The van der Waals surface area contributed by atoms with Crippen molar-refractivity contribution in [2.45, 2.75) is 0 Å². The molecule has 0 amide bonds. The summed E-state index contributed by atoms with van der Waals surface area (Å²) in [6, 6.07) is 4.40. The Morgan fingerprint density at radius 1 is 1.10 bits per heavy atom. The Hall–Kier alpha value is -1.20. The molecule has 0 fully saturated rings. The van der Waals surface area contributed by atoms with Gasteiger partial charge in [-0.3, -0.25) is 5.41 Å². The molecular formula is C12H7Cl4N3O. The lowest BCUT2D eigenvalue weighted by atomic mass is 10.2. The smallest absolute Gasteiger partial charge is 0.238 e. The molecule has 0 aliphatic rings. The zero-order valence-corrected chi connectivity index (χ0v) is 12.8. The van der Waals surface area contributed by atoms with Crippen molar-refractivity contribution < 1.29 is 4.74 Å². The van der Waals surface area contributed by atoms with E-state index >= 15 is 0 Å². The van der Waals surface area contributed by atoms with Crippen LogP contribution in [0, 0.1) is 5.41 Å². The van der Waals surface area contributed by atoms with Gasteiger partial charge in [-0.1, -0.05) is 46.4 Å². The number of rotatable bonds is 3. The molecule has 4 nitrogen and oxygen atoms in total. The molecule has 2 rings (SSSR count). The van der Waals surface area contributed by atoms with Crippen LogP contribution >= 0.6 is 46.4 Å². The van der Waals surface area contributed by atoms with Crippen LogP contribution in [0.15, 0.2) is 24.4 Å². The van der Waals surface area contributed by atoms with Crippen LogP contribution in [0.1, 0.15) is 5.56 Å². The van der Waals surface area contributed by atoms with Gasteiger partial charge in [0.1, 0.15) is 16.6 Å². The second-order valence-electron chi connectivity index (χ2n) is 3.69. The SMILES string of the molecule is N=C(N)c1ccnc(Oc2cc(Cl)c(Cl)cc2Cl)c1Cl. The second kappa shape index (κ2) is 6.06. The van der Waals surface area contributed by atoms with Gasteiger partial charge >= 0.3 is 0 Å². The van der Waals surface area contributed by atoms with Crippen LogP contribution in [-0.2, 0) is 0 Å². The van der Waals surface area contributed by atoms with Gasteiger partial charge in [-0.2, -0.15) is 0 Å². The quantitative estimate of drug-likeness (QED) is 0.475. The van der Waals surface area contributed by atoms with E-state index in [9.17, 15) is 0 Å². The van der Waals surface area contributed by atoms with E-state index < -0.39 is 0 Å². The van der Waals surface area contributed by atoms with Crippen LogP contribution in [0.4, 0.5) is 0 Å². The van der Waals surface area contributed by atoms with E-state index in [0.717, 1.165) is 0 Å². The minimum atomic E-state index is -0.192. The molecule has 0 saturated heterocycles. The lowest BCUT2D eigenvalue weighted by Crippen LogP contribution is -2.12. The first-order valence-corrected chi connectivity index (χ1v) is 6.72.